The monoisotopic (exact) mass is 1020 g/mol. The van der Waals surface area contributed by atoms with Crippen molar-refractivity contribution in [2.75, 3.05) is 14.1 Å². The molecule has 0 radical (unpaired) electrons. The molecule has 0 saturated heterocycles. The van der Waals surface area contributed by atoms with E-state index < -0.39 is 0 Å². The van der Waals surface area contributed by atoms with E-state index in [2.05, 4.69) is 123 Å². The molecule has 6 heterocycles. The maximum atomic E-state index is 11.1. The second-order valence-corrected chi connectivity index (χ2v) is 19.3. The zero-order valence-corrected chi connectivity index (χ0v) is 46.7. The second kappa shape index (κ2) is 37.1. The molecule has 70 heavy (non-hydrogen) atoms. The molecule has 0 aromatic carbocycles. The number of amides is 2. The first-order valence-electron chi connectivity index (χ1n) is 23.0. The fraction of sp³-hybridized carbons (Fsp3) is 0.600. The lowest BCUT2D eigenvalue weighted by atomic mass is 10.1. The summed E-state index contributed by atoms with van der Waals surface area (Å²) in [6, 6.07) is 4.11. The normalized spacial score (nSPS) is 11.0. The number of amidine groups is 1. The van der Waals surface area contributed by atoms with Gasteiger partial charge in [0, 0.05) is 60.2 Å². The molecule has 0 spiro atoms. The van der Waals surface area contributed by atoms with Crippen LogP contribution in [0.2, 0.25) is 0 Å². The van der Waals surface area contributed by atoms with Crippen molar-refractivity contribution in [3.8, 4) is 5.75 Å². The molecule has 396 valence electrons. The minimum atomic E-state index is -0.341. The van der Waals surface area contributed by atoms with Crippen LogP contribution >= 0.6 is 23.3 Å². The molecule has 5 N–H and O–H groups in total. The van der Waals surface area contributed by atoms with Crippen LogP contribution in [0.25, 0.3) is 0 Å². The molecule has 5 aromatic heterocycles. The molecular formula is C50H87N11O7S2. The number of H-pyrrole nitrogens is 1. The third kappa shape index (κ3) is 30.0. The van der Waals surface area contributed by atoms with Gasteiger partial charge in [0.15, 0.2) is 5.75 Å². The van der Waals surface area contributed by atoms with Crippen LogP contribution in [-0.2, 0) is 14.4 Å². The highest BCUT2D eigenvalue weighted by Gasteiger charge is 2.12. The molecule has 0 atom stereocenters. The Bertz CT molecular complexity index is 2170. The van der Waals surface area contributed by atoms with Crippen molar-refractivity contribution >= 4 is 40.9 Å². The number of nitrogens with one attached hydrogen (secondary N) is 4. The number of aryl methyl sites for hydroxylation is 3. The Labute approximate surface area is 426 Å². The fourth-order valence-corrected chi connectivity index (χ4v) is 5.93. The maximum Gasteiger partial charge on any atom is 0.240 e. The molecule has 1 aliphatic rings. The standard InChI is InChI=1S/C8H10O3.C7H11NO.C7H11NS.C6H10N2O.C6H10N2S.C5H9N3.2C5H11NO.CH4/c1-5(2)6-3-11-4-7(9)8(6)10;2*1-5(2)7-4-6(3)8-9-7;1-4(2)6-7-5(3)9-8-6;1-4(2)6-5(3)7-9-8-6;1-4(2)5-6-3-7-8-5;2*1-4(2)5(7)6-3;/h3-5,9H,1-2H3;2*4-5H,1-3H3;4H,3H2,1-2H3,(H,7,8);4H,1-3H3;3-4H,1-2H3,(H,6,7,8);2*4H,1-3H3,(H,6,7);1H4. The lowest BCUT2D eigenvalue weighted by Crippen LogP contribution is -2.22. The number of nitrogens with zero attached hydrogens (tertiary/aromatic N) is 7. The summed E-state index contributed by atoms with van der Waals surface area (Å²) in [5, 5.41) is 24.2. The highest BCUT2D eigenvalue weighted by atomic mass is 32.1. The quantitative estimate of drug-likeness (QED) is 0.0970. The molecule has 6 rings (SSSR count). The van der Waals surface area contributed by atoms with Gasteiger partial charge in [-0.1, -0.05) is 123 Å². The zero-order chi connectivity index (χ0) is 53.6. The van der Waals surface area contributed by atoms with Gasteiger partial charge in [0.05, 0.1) is 40.8 Å². The molecule has 0 saturated carbocycles. The van der Waals surface area contributed by atoms with Crippen LogP contribution in [0, 0.1) is 38.5 Å². The minimum Gasteiger partial charge on any atom is -0.502 e. The predicted molar refractivity (Wildman–Crippen MR) is 286 cm³/mol. The molecule has 0 aliphatic carbocycles. The highest BCUT2D eigenvalue weighted by Crippen LogP contribution is 2.19. The number of aromatic nitrogens is 7. The van der Waals surface area contributed by atoms with Gasteiger partial charge in [-0.3, -0.25) is 19.5 Å². The first kappa shape index (κ1) is 68.5. The first-order valence-corrected chi connectivity index (χ1v) is 24.5. The van der Waals surface area contributed by atoms with Gasteiger partial charge in [-0.05, 0) is 62.7 Å². The van der Waals surface area contributed by atoms with E-state index >= 15 is 0 Å². The summed E-state index contributed by atoms with van der Waals surface area (Å²) in [6.45, 7) is 41.7. The molecule has 5 aromatic rings. The number of rotatable bonds is 8. The topological polar surface area (TPSA) is 249 Å². The van der Waals surface area contributed by atoms with Gasteiger partial charge in [-0.2, -0.15) is 23.2 Å². The lowest BCUT2D eigenvalue weighted by Gasteiger charge is -2.01. The van der Waals surface area contributed by atoms with Crippen molar-refractivity contribution in [2.24, 2.45) is 22.7 Å². The van der Waals surface area contributed by atoms with Gasteiger partial charge in [0.25, 0.3) is 0 Å². The highest BCUT2D eigenvalue weighted by molar-refractivity contribution is 7.05. The number of aromatic amines is 1. The predicted octanol–water partition coefficient (Wildman–Crippen LogP) is 11.5. The Morgan fingerprint density at radius 2 is 1.30 bits per heavy atom. The molecule has 2 amide bonds. The Balaban J connectivity index is -0.000000734. The van der Waals surface area contributed by atoms with E-state index in [1.165, 1.54) is 29.2 Å². The molecule has 20 heteroatoms. The van der Waals surface area contributed by atoms with Crippen LogP contribution in [0.3, 0.4) is 0 Å². The number of aliphatic imine (C=N–C) groups is 1. The first-order chi connectivity index (χ1) is 32.1. The summed E-state index contributed by atoms with van der Waals surface area (Å²) in [5.41, 5.74) is 7.14. The summed E-state index contributed by atoms with van der Waals surface area (Å²) in [4.78, 5) is 46.0. The van der Waals surface area contributed by atoms with E-state index in [9.17, 15) is 14.4 Å². The summed E-state index contributed by atoms with van der Waals surface area (Å²) < 4.78 is 22.1. The van der Waals surface area contributed by atoms with Gasteiger partial charge in [-0.25, -0.2) is 10.5 Å². The molecule has 0 unspecified atom stereocenters. The molecule has 0 fully saturated rings. The van der Waals surface area contributed by atoms with Crippen molar-refractivity contribution in [3.63, 3.8) is 0 Å². The van der Waals surface area contributed by atoms with Crippen LogP contribution < -0.4 is 21.5 Å². The van der Waals surface area contributed by atoms with Crippen molar-refractivity contribution in [2.45, 2.75) is 169 Å². The smallest absolute Gasteiger partial charge is 0.240 e. The third-order valence-corrected chi connectivity index (χ3v) is 10.6. The number of hydrogen-bond donors (Lipinski definition) is 5. The Morgan fingerprint density at radius 1 is 0.729 bits per heavy atom. The number of aromatic hydroxyl groups is 1. The van der Waals surface area contributed by atoms with Crippen molar-refractivity contribution in [3.05, 3.63) is 98.5 Å². The van der Waals surface area contributed by atoms with Crippen molar-refractivity contribution < 1.29 is 28.5 Å². The van der Waals surface area contributed by atoms with Crippen molar-refractivity contribution in [1.29, 1.82) is 0 Å². The summed E-state index contributed by atoms with van der Waals surface area (Å²) in [6.07, 6.45) is 3.93. The van der Waals surface area contributed by atoms with E-state index in [0.717, 1.165) is 46.5 Å². The van der Waals surface area contributed by atoms with E-state index in [4.69, 9.17) is 18.9 Å². The van der Waals surface area contributed by atoms with Crippen LogP contribution in [0.1, 0.15) is 193 Å². The zero-order valence-electron chi connectivity index (χ0n) is 45.1. The maximum absolute atomic E-state index is 11.1. The summed E-state index contributed by atoms with van der Waals surface area (Å²) in [7, 11) is 3.28. The van der Waals surface area contributed by atoms with E-state index in [1.807, 2.05) is 82.2 Å². The lowest BCUT2D eigenvalue weighted by molar-refractivity contribution is -0.124. The molecule has 0 bridgehead atoms. The third-order valence-electron chi connectivity index (χ3n) is 8.74. The largest absolute Gasteiger partial charge is 0.502 e. The van der Waals surface area contributed by atoms with Crippen LogP contribution in [-0.4, -0.2) is 70.3 Å². The van der Waals surface area contributed by atoms with Gasteiger partial charge < -0.3 is 29.5 Å². The number of carbonyl (C=O) groups is 2. The Hall–Kier alpha value is -5.76. The summed E-state index contributed by atoms with van der Waals surface area (Å²) in [5.74, 6) is 5.83. The van der Waals surface area contributed by atoms with E-state index in [1.54, 1.807) is 25.6 Å². The summed E-state index contributed by atoms with van der Waals surface area (Å²) >= 11 is 2.90. The average Bonchev–Trinajstić information content (AvgIpc) is 4.15. The van der Waals surface area contributed by atoms with Gasteiger partial charge >= 0.3 is 0 Å². The SMILES string of the molecule is C.C=C1N=C(C(C)C)NO1.CC(C)c1cocc(O)c1=O.CC(C)c1ncn[nH]1.CNC(=O)C(C)C.CNC(=O)C(C)C.Cc1cc(C(C)C)on1.Cc1cc(C(C)C)sn1.Cc1nsnc1C(C)C. The van der Waals surface area contributed by atoms with Crippen LogP contribution in [0.4, 0.5) is 0 Å². The van der Waals surface area contributed by atoms with Gasteiger partial charge in [0.2, 0.25) is 23.1 Å². The molecule has 18 nitrogen and oxygen atoms in total. The van der Waals surface area contributed by atoms with Gasteiger partial charge in [0.1, 0.15) is 30.0 Å². The fourth-order valence-electron chi connectivity index (χ4n) is 4.51. The van der Waals surface area contributed by atoms with Gasteiger partial charge in [-0.15, -0.1) is 0 Å². The number of hydroxylamine groups is 1. The number of carbonyl (C=O) groups excluding carboxylic acids is 2. The Kier molecular flexibility index (Phi) is 36.3. The van der Waals surface area contributed by atoms with Crippen molar-refractivity contribution in [1.82, 2.24) is 49.6 Å². The minimum absolute atomic E-state index is 0. The van der Waals surface area contributed by atoms with E-state index in [0.29, 0.717) is 41.0 Å². The van der Waals surface area contributed by atoms with Crippen LogP contribution in [0.15, 0.2) is 62.2 Å². The average molecular weight is 1020 g/mol. The van der Waals surface area contributed by atoms with Crippen LogP contribution in [0.5, 0.6) is 5.75 Å². The Morgan fingerprint density at radius 3 is 1.51 bits per heavy atom. The number of hydrogen-bond acceptors (Lipinski definition) is 17. The van der Waals surface area contributed by atoms with E-state index in [-0.39, 0.29) is 48.2 Å². The molecule has 1 aliphatic heterocycles. The molecular weight excluding hydrogens is 931 g/mol. The second-order valence-electron chi connectivity index (χ2n) is 17.9.